The number of piperidine rings is 1. The van der Waals surface area contributed by atoms with Gasteiger partial charge in [-0.05, 0) is 62.1 Å². The van der Waals surface area contributed by atoms with Crippen LogP contribution in [0.3, 0.4) is 0 Å². The van der Waals surface area contributed by atoms with Crippen LogP contribution >= 0.6 is 15.9 Å². The number of halogens is 1. The largest absolute Gasteiger partial charge is 0.368 e. The summed E-state index contributed by atoms with van der Waals surface area (Å²) in [6, 6.07) is 8.44. The second-order valence-electron chi connectivity index (χ2n) is 7.02. The molecule has 4 rings (SSSR count). The van der Waals surface area contributed by atoms with E-state index >= 15 is 0 Å². The predicted octanol–water partition coefficient (Wildman–Crippen LogP) is 4.47. The zero-order chi connectivity index (χ0) is 14.2. The lowest BCUT2D eigenvalue weighted by atomic mass is 9.91. The van der Waals surface area contributed by atoms with Crippen molar-refractivity contribution in [1.29, 1.82) is 0 Å². The van der Waals surface area contributed by atoms with Gasteiger partial charge in [-0.25, -0.2) is 0 Å². The Labute approximate surface area is 136 Å². The van der Waals surface area contributed by atoms with Crippen LogP contribution in [0.4, 0.5) is 5.69 Å². The summed E-state index contributed by atoms with van der Waals surface area (Å²) >= 11 is 3.68. The number of benzene rings is 1. The van der Waals surface area contributed by atoms with Crippen molar-refractivity contribution in [1.82, 2.24) is 5.32 Å². The topological polar surface area (TPSA) is 15.3 Å². The minimum absolute atomic E-state index is 0.780. The van der Waals surface area contributed by atoms with Gasteiger partial charge < -0.3 is 10.2 Å². The summed E-state index contributed by atoms with van der Waals surface area (Å²) in [5.74, 6) is 0.946. The summed E-state index contributed by atoms with van der Waals surface area (Å²) < 4.78 is 1.22. The number of nitrogens with zero attached hydrogens (tertiary/aromatic N) is 1. The molecule has 0 spiro atoms. The molecule has 2 unspecified atom stereocenters. The maximum absolute atomic E-state index is 3.69. The summed E-state index contributed by atoms with van der Waals surface area (Å²) in [7, 11) is 0. The quantitative estimate of drug-likeness (QED) is 0.863. The molecule has 3 fully saturated rings. The van der Waals surface area contributed by atoms with Crippen LogP contribution in [0.25, 0.3) is 0 Å². The first-order chi connectivity index (χ1) is 10.3. The predicted molar refractivity (Wildman–Crippen MR) is 91.7 cm³/mol. The molecule has 2 saturated carbocycles. The Hall–Kier alpha value is -0.540. The molecule has 114 valence electrons. The van der Waals surface area contributed by atoms with Crippen LogP contribution in [0, 0.1) is 5.92 Å². The smallest absolute Gasteiger partial charge is 0.0425 e. The average Bonchev–Trinajstić information content (AvgIpc) is 3.20. The molecule has 2 nitrogen and oxygen atoms in total. The van der Waals surface area contributed by atoms with E-state index in [-0.39, 0.29) is 0 Å². The van der Waals surface area contributed by atoms with Crippen molar-refractivity contribution in [3.05, 3.63) is 28.2 Å². The van der Waals surface area contributed by atoms with Crippen LogP contribution in [0.15, 0.2) is 22.7 Å². The first-order valence-electron chi connectivity index (χ1n) is 8.60. The minimum atomic E-state index is 0.780. The van der Waals surface area contributed by atoms with E-state index in [1.165, 1.54) is 67.2 Å². The fourth-order valence-corrected chi connectivity index (χ4v) is 4.60. The van der Waals surface area contributed by atoms with E-state index in [4.69, 9.17) is 0 Å². The molecule has 0 bridgehead atoms. The van der Waals surface area contributed by atoms with Crippen molar-refractivity contribution in [2.45, 2.75) is 63.6 Å². The van der Waals surface area contributed by atoms with Gasteiger partial charge in [0.15, 0.2) is 0 Å². The van der Waals surface area contributed by atoms with E-state index in [2.05, 4.69) is 44.3 Å². The Morgan fingerprint density at radius 1 is 1.10 bits per heavy atom. The van der Waals surface area contributed by atoms with Crippen LogP contribution in [0.1, 0.15) is 50.5 Å². The van der Waals surface area contributed by atoms with Crippen LogP contribution in [0.5, 0.6) is 0 Å². The maximum Gasteiger partial charge on any atom is 0.0425 e. The van der Waals surface area contributed by atoms with Gasteiger partial charge in [-0.2, -0.15) is 0 Å². The molecule has 0 radical (unpaired) electrons. The Balaban J connectivity index is 1.60. The fraction of sp³-hybridized carbons (Fsp3) is 0.667. The molecule has 1 saturated heterocycles. The molecule has 1 N–H and O–H groups in total. The Morgan fingerprint density at radius 3 is 2.81 bits per heavy atom. The Bertz CT molecular complexity index is 512. The fourth-order valence-electron chi connectivity index (χ4n) is 4.25. The third-order valence-corrected chi connectivity index (χ3v) is 6.00. The first-order valence-corrected chi connectivity index (χ1v) is 9.39. The monoisotopic (exact) mass is 348 g/mol. The zero-order valence-corrected chi connectivity index (χ0v) is 14.2. The molecule has 0 aromatic heterocycles. The van der Waals surface area contributed by atoms with E-state index in [0.717, 1.165) is 24.5 Å². The molecular formula is C18H25BrN2. The average molecular weight is 349 g/mol. The summed E-state index contributed by atoms with van der Waals surface area (Å²) in [5.41, 5.74) is 2.96. The number of hydrogen-bond acceptors (Lipinski definition) is 2. The molecule has 1 aromatic carbocycles. The zero-order valence-electron chi connectivity index (χ0n) is 12.7. The van der Waals surface area contributed by atoms with E-state index in [0.29, 0.717) is 0 Å². The number of nitrogens with one attached hydrogen (secondary N) is 1. The third-order valence-electron chi connectivity index (χ3n) is 5.51. The second-order valence-corrected chi connectivity index (χ2v) is 7.94. The summed E-state index contributed by atoms with van der Waals surface area (Å²) in [4.78, 5) is 2.73. The van der Waals surface area contributed by atoms with Crippen LogP contribution in [0.2, 0.25) is 0 Å². The van der Waals surface area contributed by atoms with Gasteiger partial charge in [-0.1, -0.05) is 28.4 Å². The van der Waals surface area contributed by atoms with Crippen LogP contribution in [-0.4, -0.2) is 18.6 Å². The van der Waals surface area contributed by atoms with E-state index in [1.54, 1.807) is 0 Å². The van der Waals surface area contributed by atoms with Crippen molar-refractivity contribution >= 4 is 21.6 Å². The summed E-state index contributed by atoms with van der Waals surface area (Å²) in [5, 5.41) is 3.69. The number of hydrogen-bond donors (Lipinski definition) is 1. The number of fused-ring (bicyclic) bond motifs is 1. The molecule has 1 aromatic rings. The molecule has 2 atom stereocenters. The van der Waals surface area contributed by atoms with Gasteiger partial charge in [-0.15, -0.1) is 0 Å². The molecule has 2 aliphatic carbocycles. The number of rotatable bonds is 4. The maximum atomic E-state index is 3.69. The lowest BCUT2D eigenvalue weighted by molar-refractivity contribution is 0.362. The lowest BCUT2D eigenvalue weighted by Gasteiger charge is -2.40. The van der Waals surface area contributed by atoms with Gasteiger partial charge in [0.25, 0.3) is 0 Å². The van der Waals surface area contributed by atoms with E-state index < -0.39 is 0 Å². The molecule has 1 aliphatic heterocycles. The molecule has 3 aliphatic rings. The third kappa shape index (κ3) is 3.00. The van der Waals surface area contributed by atoms with Crippen molar-refractivity contribution in [2.75, 3.05) is 11.4 Å². The summed E-state index contributed by atoms with van der Waals surface area (Å²) in [6.45, 7) is 2.27. The van der Waals surface area contributed by atoms with Crippen molar-refractivity contribution in [3.63, 3.8) is 0 Å². The van der Waals surface area contributed by atoms with Crippen molar-refractivity contribution in [3.8, 4) is 0 Å². The highest BCUT2D eigenvalue weighted by atomic mass is 79.9. The standard InChI is InChI=1S/C18H25BrN2/c19-15-7-6-14(12-20-16-8-9-16)18(11-15)21-10-2-4-13-3-1-5-17(13)21/h6-7,11,13,16-17,20H,1-5,8-10,12H2. The highest BCUT2D eigenvalue weighted by Crippen LogP contribution is 2.40. The molecular weight excluding hydrogens is 324 g/mol. The molecule has 0 amide bonds. The van der Waals surface area contributed by atoms with Crippen LogP contribution < -0.4 is 10.2 Å². The SMILES string of the molecule is Brc1ccc(CNC2CC2)c(N2CCCC3CCCC32)c1. The van der Waals surface area contributed by atoms with E-state index in [1.807, 2.05) is 0 Å². The molecule has 21 heavy (non-hydrogen) atoms. The Kier molecular flexibility index (Phi) is 3.97. The van der Waals surface area contributed by atoms with Crippen molar-refractivity contribution < 1.29 is 0 Å². The number of anilines is 1. The lowest BCUT2D eigenvalue weighted by Crippen LogP contribution is -2.43. The van der Waals surface area contributed by atoms with Gasteiger partial charge >= 0.3 is 0 Å². The minimum Gasteiger partial charge on any atom is -0.368 e. The van der Waals surface area contributed by atoms with Crippen molar-refractivity contribution in [2.24, 2.45) is 5.92 Å². The van der Waals surface area contributed by atoms with Gasteiger partial charge in [0.05, 0.1) is 0 Å². The summed E-state index contributed by atoms with van der Waals surface area (Å²) in [6.07, 6.45) is 9.81. The van der Waals surface area contributed by atoms with Gasteiger partial charge in [0.2, 0.25) is 0 Å². The highest BCUT2D eigenvalue weighted by Gasteiger charge is 2.35. The second kappa shape index (κ2) is 5.92. The van der Waals surface area contributed by atoms with Gasteiger partial charge in [-0.3, -0.25) is 0 Å². The first kappa shape index (κ1) is 14.1. The van der Waals surface area contributed by atoms with Gasteiger partial charge in [0.1, 0.15) is 0 Å². The van der Waals surface area contributed by atoms with E-state index in [9.17, 15) is 0 Å². The molecule has 3 heteroatoms. The van der Waals surface area contributed by atoms with Gasteiger partial charge in [0, 0.05) is 35.3 Å². The normalized spacial score (nSPS) is 28.7. The molecule has 1 heterocycles. The highest BCUT2D eigenvalue weighted by molar-refractivity contribution is 9.10. The van der Waals surface area contributed by atoms with Crippen LogP contribution in [-0.2, 0) is 6.54 Å². The Morgan fingerprint density at radius 2 is 1.95 bits per heavy atom.